The lowest BCUT2D eigenvalue weighted by molar-refractivity contribution is -0.138. The highest BCUT2D eigenvalue weighted by Gasteiger charge is 2.23. The van der Waals surface area contributed by atoms with Gasteiger partial charge >= 0.3 is 0 Å². The Kier molecular flexibility index (Phi) is 4.24. The predicted molar refractivity (Wildman–Crippen MR) is 71.7 cm³/mol. The molecule has 1 heterocycles. The number of carbonyl (C=O) groups excluding carboxylic acids is 1. The average molecular weight is 247 g/mol. The lowest BCUT2D eigenvalue weighted by Crippen LogP contribution is -2.43. The Morgan fingerprint density at radius 2 is 1.89 bits per heavy atom. The molecule has 1 unspecified atom stereocenters. The maximum atomic E-state index is 12.2. The molecule has 98 valence electrons. The van der Waals surface area contributed by atoms with E-state index in [0.29, 0.717) is 0 Å². The number of ether oxygens (including phenoxy) is 1. The molecule has 1 atom stereocenters. The van der Waals surface area contributed by atoms with Crippen LogP contribution in [0.5, 0.6) is 5.75 Å². The largest absolute Gasteiger partial charge is 0.481 e. The Hall–Kier alpha value is -1.51. The van der Waals surface area contributed by atoms with Gasteiger partial charge in [0.2, 0.25) is 0 Å². The third-order valence-electron chi connectivity index (χ3n) is 3.41. The van der Waals surface area contributed by atoms with Crippen LogP contribution in [0.25, 0.3) is 0 Å². The first-order chi connectivity index (χ1) is 8.68. The van der Waals surface area contributed by atoms with E-state index in [9.17, 15) is 4.79 Å². The highest BCUT2D eigenvalue weighted by molar-refractivity contribution is 5.81. The molecule has 1 aromatic rings. The molecular formula is C15H21NO2. The second kappa shape index (κ2) is 5.89. The summed E-state index contributed by atoms with van der Waals surface area (Å²) in [6.45, 7) is 5.58. The first-order valence-electron chi connectivity index (χ1n) is 6.69. The van der Waals surface area contributed by atoms with Gasteiger partial charge in [-0.05, 0) is 44.7 Å². The Morgan fingerprint density at radius 1 is 1.22 bits per heavy atom. The third-order valence-corrected chi connectivity index (χ3v) is 3.41. The van der Waals surface area contributed by atoms with Crippen LogP contribution in [-0.2, 0) is 4.79 Å². The van der Waals surface area contributed by atoms with Gasteiger partial charge in [-0.1, -0.05) is 18.2 Å². The van der Waals surface area contributed by atoms with Crippen molar-refractivity contribution in [1.82, 2.24) is 4.90 Å². The SMILES string of the molecule is Cc1ccccc1OC(C)C(=O)N1CCCCC1. The van der Waals surface area contributed by atoms with Gasteiger partial charge in [-0.3, -0.25) is 4.79 Å². The van der Waals surface area contributed by atoms with Gasteiger partial charge < -0.3 is 9.64 Å². The van der Waals surface area contributed by atoms with Crippen LogP contribution in [0.15, 0.2) is 24.3 Å². The lowest BCUT2D eigenvalue weighted by Gasteiger charge is -2.29. The molecule has 1 aliphatic heterocycles. The van der Waals surface area contributed by atoms with Crippen molar-refractivity contribution in [2.45, 2.75) is 39.2 Å². The standard InChI is InChI=1S/C15H21NO2/c1-12-8-4-5-9-14(12)18-13(2)15(17)16-10-6-3-7-11-16/h4-5,8-9,13H,3,6-7,10-11H2,1-2H3. The Balaban J connectivity index is 1.96. The molecule has 0 aromatic heterocycles. The van der Waals surface area contributed by atoms with Gasteiger partial charge in [0.1, 0.15) is 5.75 Å². The van der Waals surface area contributed by atoms with Crippen molar-refractivity contribution in [2.75, 3.05) is 13.1 Å². The van der Waals surface area contributed by atoms with E-state index >= 15 is 0 Å². The highest BCUT2D eigenvalue weighted by atomic mass is 16.5. The molecule has 0 aliphatic carbocycles. The molecule has 18 heavy (non-hydrogen) atoms. The smallest absolute Gasteiger partial charge is 0.263 e. The minimum atomic E-state index is -0.399. The van der Waals surface area contributed by atoms with Crippen molar-refractivity contribution >= 4 is 5.91 Å². The van der Waals surface area contributed by atoms with E-state index in [1.165, 1.54) is 6.42 Å². The summed E-state index contributed by atoms with van der Waals surface area (Å²) < 4.78 is 5.77. The topological polar surface area (TPSA) is 29.5 Å². The second-order valence-corrected chi connectivity index (χ2v) is 4.91. The summed E-state index contributed by atoms with van der Waals surface area (Å²) in [7, 11) is 0. The first-order valence-corrected chi connectivity index (χ1v) is 6.69. The lowest BCUT2D eigenvalue weighted by atomic mass is 10.1. The fourth-order valence-electron chi connectivity index (χ4n) is 2.30. The summed E-state index contributed by atoms with van der Waals surface area (Å²) >= 11 is 0. The van der Waals surface area contributed by atoms with Gasteiger partial charge in [0, 0.05) is 13.1 Å². The van der Waals surface area contributed by atoms with E-state index in [0.717, 1.165) is 37.2 Å². The molecule has 0 radical (unpaired) electrons. The number of rotatable bonds is 3. The Bertz CT molecular complexity index is 411. The first kappa shape index (κ1) is 12.9. The van der Waals surface area contributed by atoms with Crippen molar-refractivity contribution in [3.63, 3.8) is 0 Å². The molecule has 0 bridgehead atoms. The van der Waals surface area contributed by atoms with Crippen molar-refractivity contribution in [3.05, 3.63) is 29.8 Å². The molecule has 1 amide bonds. The van der Waals surface area contributed by atoms with Crippen LogP contribution in [0.4, 0.5) is 0 Å². The molecule has 3 nitrogen and oxygen atoms in total. The minimum absolute atomic E-state index is 0.109. The molecule has 0 N–H and O–H groups in total. The van der Waals surface area contributed by atoms with E-state index in [1.54, 1.807) is 0 Å². The van der Waals surface area contributed by atoms with Crippen molar-refractivity contribution < 1.29 is 9.53 Å². The maximum Gasteiger partial charge on any atom is 0.263 e. The number of nitrogens with zero attached hydrogens (tertiary/aromatic N) is 1. The zero-order chi connectivity index (χ0) is 13.0. The summed E-state index contributed by atoms with van der Waals surface area (Å²) in [5, 5.41) is 0. The zero-order valence-corrected chi connectivity index (χ0v) is 11.2. The molecule has 2 rings (SSSR count). The normalized spacial score (nSPS) is 17.3. The maximum absolute atomic E-state index is 12.2. The molecule has 0 spiro atoms. The quantitative estimate of drug-likeness (QED) is 0.822. The predicted octanol–water partition coefficient (Wildman–Crippen LogP) is 2.77. The molecule has 1 saturated heterocycles. The summed E-state index contributed by atoms with van der Waals surface area (Å²) in [4.78, 5) is 14.1. The number of piperidine rings is 1. The summed E-state index contributed by atoms with van der Waals surface area (Å²) in [5.41, 5.74) is 1.07. The second-order valence-electron chi connectivity index (χ2n) is 4.91. The van der Waals surface area contributed by atoms with Crippen LogP contribution in [0.1, 0.15) is 31.7 Å². The third kappa shape index (κ3) is 3.03. The number of hydrogen-bond acceptors (Lipinski definition) is 2. The fraction of sp³-hybridized carbons (Fsp3) is 0.533. The molecular weight excluding hydrogens is 226 g/mol. The van der Waals surface area contributed by atoms with Gasteiger partial charge in [0.25, 0.3) is 5.91 Å². The molecule has 0 saturated carbocycles. The van der Waals surface area contributed by atoms with Gasteiger partial charge in [0.05, 0.1) is 0 Å². The molecule has 3 heteroatoms. The number of carbonyl (C=O) groups is 1. The minimum Gasteiger partial charge on any atom is -0.481 e. The van der Waals surface area contributed by atoms with Gasteiger partial charge in [0.15, 0.2) is 6.10 Å². The highest BCUT2D eigenvalue weighted by Crippen LogP contribution is 2.19. The van der Waals surface area contributed by atoms with Crippen molar-refractivity contribution in [3.8, 4) is 5.75 Å². The molecule has 1 aliphatic rings. The fourth-order valence-corrected chi connectivity index (χ4v) is 2.30. The van der Waals surface area contributed by atoms with Gasteiger partial charge in [-0.2, -0.15) is 0 Å². The van der Waals surface area contributed by atoms with Crippen LogP contribution in [0.2, 0.25) is 0 Å². The van der Waals surface area contributed by atoms with Crippen LogP contribution in [0.3, 0.4) is 0 Å². The van der Waals surface area contributed by atoms with Gasteiger partial charge in [-0.25, -0.2) is 0 Å². The van der Waals surface area contributed by atoms with Crippen molar-refractivity contribution in [2.24, 2.45) is 0 Å². The van der Waals surface area contributed by atoms with Crippen molar-refractivity contribution in [1.29, 1.82) is 0 Å². The van der Waals surface area contributed by atoms with Gasteiger partial charge in [-0.15, -0.1) is 0 Å². The number of amides is 1. The molecule has 1 fully saturated rings. The summed E-state index contributed by atoms with van der Waals surface area (Å²) in [6, 6.07) is 7.81. The molecule has 1 aromatic carbocycles. The van der Waals surface area contributed by atoms with E-state index in [2.05, 4.69) is 0 Å². The van der Waals surface area contributed by atoms with E-state index in [1.807, 2.05) is 43.0 Å². The Labute approximate surface area is 109 Å². The summed E-state index contributed by atoms with van der Waals surface area (Å²) in [6.07, 6.45) is 3.06. The summed E-state index contributed by atoms with van der Waals surface area (Å²) in [5.74, 6) is 0.910. The average Bonchev–Trinajstić information content (AvgIpc) is 2.41. The number of likely N-dealkylation sites (tertiary alicyclic amines) is 1. The number of hydrogen-bond donors (Lipinski definition) is 0. The monoisotopic (exact) mass is 247 g/mol. The van der Waals surface area contributed by atoms with Crippen LogP contribution < -0.4 is 4.74 Å². The number of benzene rings is 1. The Morgan fingerprint density at radius 3 is 2.56 bits per heavy atom. The van der Waals surface area contributed by atoms with Crippen LogP contribution in [-0.4, -0.2) is 30.0 Å². The van der Waals surface area contributed by atoms with Crippen LogP contribution >= 0.6 is 0 Å². The number of para-hydroxylation sites is 1. The van der Waals surface area contributed by atoms with E-state index in [-0.39, 0.29) is 5.91 Å². The van der Waals surface area contributed by atoms with E-state index in [4.69, 9.17) is 4.74 Å². The zero-order valence-electron chi connectivity index (χ0n) is 11.2. The number of aryl methyl sites for hydroxylation is 1. The van der Waals surface area contributed by atoms with E-state index < -0.39 is 6.10 Å². The van der Waals surface area contributed by atoms with Crippen LogP contribution in [0, 0.1) is 6.92 Å².